The van der Waals surface area contributed by atoms with Gasteiger partial charge in [-0.05, 0) is 72.2 Å². The molecular weight excluding hydrogens is 629 g/mol. The Labute approximate surface area is 267 Å². The highest BCUT2D eigenvalue weighted by Crippen LogP contribution is 2.42. The van der Waals surface area contributed by atoms with E-state index in [0.717, 1.165) is 32.8 Å². The van der Waals surface area contributed by atoms with Gasteiger partial charge in [0, 0.05) is 18.4 Å². The Morgan fingerprint density at radius 3 is 2.33 bits per heavy atom. The van der Waals surface area contributed by atoms with Crippen LogP contribution in [0.5, 0.6) is 5.75 Å². The lowest BCUT2D eigenvalue weighted by Gasteiger charge is -2.19. The van der Waals surface area contributed by atoms with Gasteiger partial charge in [0.15, 0.2) is 12.3 Å². The molecule has 1 aliphatic rings. The minimum Gasteiger partial charge on any atom is -0.748 e. The van der Waals surface area contributed by atoms with E-state index >= 15 is 0 Å². The Balaban J connectivity index is 1.43. The lowest BCUT2D eigenvalue weighted by atomic mass is 10.1. The fourth-order valence-electron chi connectivity index (χ4n) is 5.75. The van der Waals surface area contributed by atoms with Crippen molar-refractivity contribution in [2.45, 2.75) is 44.9 Å². The van der Waals surface area contributed by atoms with Crippen molar-refractivity contribution in [3.63, 3.8) is 0 Å². The molecule has 10 nitrogen and oxygen atoms in total. The van der Waals surface area contributed by atoms with Crippen molar-refractivity contribution in [2.75, 3.05) is 17.2 Å². The van der Waals surface area contributed by atoms with Crippen LogP contribution in [0.2, 0.25) is 0 Å². The van der Waals surface area contributed by atoms with Gasteiger partial charge < -0.3 is 23.2 Å². The number of hydrogen-bond acceptors (Lipinski definition) is 9. The van der Waals surface area contributed by atoms with Crippen LogP contribution >= 0.6 is 0 Å². The van der Waals surface area contributed by atoms with E-state index in [9.17, 15) is 25.9 Å². The van der Waals surface area contributed by atoms with Crippen LogP contribution in [0.25, 0.3) is 38.7 Å². The van der Waals surface area contributed by atoms with Gasteiger partial charge in [0.2, 0.25) is 11.5 Å². The molecule has 5 aromatic rings. The first-order valence-electron chi connectivity index (χ1n) is 15.0. The predicted octanol–water partition coefficient (Wildman–Crippen LogP) is 5.82. The van der Waals surface area contributed by atoms with Gasteiger partial charge in [-0.3, -0.25) is 0 Å². The van der Waals surface area contributed by atoms with Crippen molar-refractivity contribution >= 4 is 64.6 Å². The minimum atomic E-state index is -4.57. The summed E-state index contributed by atoms with van der Waals surface area (Å²) in [5.74, 6) is 1.11. The van der Waals surface area contributed by atoms with Gasteiger partial charge in [0.05, 0.1) is 27.3 Å². The van der Waals surface area contributed by atoms with Crippen molar-refractivity contribution in [2.24, 2.45) is 0 Å². The van der Waals surface area contributed by atoms with Crippen molar-refractivity contribution < 1.29 is 39.7 Å². The molecule has 4 aromatic carbocycles. The summed E-state index contributed by atoms with van der Waals surface area (Å²) in [6.07, 6.45) is 4.90. The number of rotatable bonds is 11. The van der Waals surface area contributed by atoms with E-state index in [4.69, 9.17) is 9.15 Å². The van der Waals surface area contributed by atoms with Crippen LogP contribution in [0.15, 0.2) is 94.7 Å². The number of allylic oxidation sites excluding steroid dienone is 2. The van der Waals surface area contributed by atoms with Gasteiger partial charge in [0.1, 0.15) is 15.4 Å². The van der Waals surface area contributed by atoms with Gasteiger partial charge in [0.25, 0.3) is 5.52 Å². The monoisotopic (exact) mass is 661 g/mol. The second-order valence-electron chi connectivity index (χ2n) is 11.4. The Bertz CT molecular complexity index is 2240. The SMILES string of the molecule is CCC(=C/c1oc2ccc3ccccc3c2[n+]1CC(C)S(=O)(=O)[O-])/C=C1/Oc2cc3ccccc3cc2N1CCCCS(=O)(=O)[O-]. The van der Waals surface area contributed by atoms with Gasteiger partial charge >= 0.3 is 5.89 Å². The maximum Gasteiger partial charge on any atom is 0.374 e. The molecule has 1 atom stereocenters. The number of nitrogens with zero attached hydrogens (tertiary/aromatic N) is 2. The number of benzene rings is 4. The van der Waals surface area contributed by atoms with E-state index in [0.29, 0.717) is 48.0 Å². The van der Waals surface area contributed by atoms with E-state index < -0.39 is 31.2 Å². The summed E-state index contributed by atoms with van der Waals surface area (Å²) in [5.41, 5.74) is 2.86. The third kappa shape index (κ3) is 6.66. The zero-order valence-electron chi connectivity index (χ0n) is 25.4. The van der Waals surface area contributed by atoms with Crippen molar-refractivity contribution in [1.29, 1.82) is 0 Å². The summed E-state index contributed by atoms with van der Waals surface area (Å²) < 4.78 is 83.9. The molecule has 0 amide bonds. The number of hydrogen-bond donors (Lipinski definition) is 0. The summed E-state index contributed by atoms with van der Waals surface area (Å²) in [6, 6.07) is 23.3. The summed E-state index contributed by atoms with van der Waals surface area (Å²) in [5, 5.41) is 2.62. The normalized spacial score (nSPS) is 15.6. The van der Waals surface area contributed by atoms with E-state index in [1.165, 1.54) is 6.92 Å². The van der Waals surface area contributed by atoms with Crippen molar-refractivity contribution in [1.82, 2.24) is 0 Å². The molecule has 240 valence electrons. The third-order valence-electron chi connectivity index (χ3n) is 8.20. The van der Waals surface area contributed by atoms with E-state index in [-0.39, 0.29) is 13.0 Å². The van der Waals surface area contributed by atoms with Gasteiger partial charge in [-0.2, -0.15) is 4.57 Å². The summed E-state index contributed by atoms with van der Waals surface area (Å²) in [6.45, 7) is 3.67. The van der Waals surface area contributed by atoms with Crippen LogP contribution < -0.4 is 14.2 Å². The number of oxazole rings is 1. The molecule has 46 heavy (non-hydrogen) atoms. The Hall–Kier alpha value is -4.23. The molecular formula is C34H33N2O8S2-. The fourth-order valence-corrected chi connectivity index (χ4v) is 6.64. The standard InChI is InChI=1S/C34H34N2O8S2/c1-3-24(19-33-36(22-23(2)46(40,41)42)34-28-13-7-6-10-25(28)14-15-30(34)43-33)18-32-35(16-8-9-17-45(37,38)39)29-20-26-11-4-5-12-27(26)21-31(29)44-32/h4-7,10-15,18-21,23H,3,8-9,16-17,22H2,1-2H3,(H-,37,38,39,40,41,42)/p-1. The average molecular weight is 662 g/mol. The van der Waals surface area contributed by atoms with Crippen LogP contribution in [-0.4, -0.2) is 43.5 Å². The highest BCUT2D eigenvalue weighted by atomic mass is 32.2. The molecule has 0 fully saturated rings. The van der Waals surface area contributed by atoms with E-state index in [2.05, 4.69) is 0 Å². The molecule has 2 heterocycles. The van der Waals surface area contributed by atoms with E-state index in [1.807, 2.05) is 96.8 Å². The molecule has 0 radical (unpaired) electrons. The molecule has 0 saturated heterocycles. The second kappa shape index (κ2) is 12.5. The lowest BCUT2D eigenvalue weighted by Crippen LogP contribution is -2.43. The molecule has 0 N–H and O–H groups in total. The Morgan fingerprint density at radius 2 is 1.63 bits per heavy atom. The maximum absolute atomic E-state index is 12.0. The average Bonchev–Trinajstić information content (AvgIpc) is 3.53. The zero-order chi connectivity index (χ0) is 32.6. The second-order valence-corrected chi connectivity index (χ2v) is 14.7. The predicted molar refractivity (Wildman–Crippen MR) is 175 cm³/mol. The summed E-state index contributed by atoms with van der Waals surface area (Å²) >= 11 is 0. The molecule has 1 unspecified atom stereocenters. The van der Waals surface area contributed by atoms with Crippen LogP contribution in [0, 0.1) is 0 Å². The molecule has 6 rings (SSSR count). The summed E-state index contributed by atoms with van der Waals surface area (Å²) in [7, 11) is -8.90. The molecule has 0 spiro atoms. The maximum atomic E-state index is 12.0. The van der Waals surface area contributed by atoms with Crippen molar-refractivity contribution in [3.05, 3.63) is 96.2 Å². The fraction of sp³-hybridized carbons (Fsp3) is 0.265. The first-order valence-corrected chi connectivity index (χ1v) is 18.1. The van der Waals surface area contributed by atoms with E-state index in [1.54, 1.807) is 4.57 Å². The number of unbranched alkanes of at least 4 members (excludes halogenated alkanes) is 1. The van der Waals surface area contributed by atoms with Crippen LogP contribution in [0.1, 0.15) is 39.0 Å². The number of anilines is 1. The lowest BCUT2D eigenvalue weighted by molar-refractivity contribution is -0.676. The highest BCUT2D eigenvalue weighted by Gasteiger charge is 2.29. The molecule has 0 saturated carbocycles. The smallest absolute Gasteiger partial charge is 0.374 e. The number of aromatic nitrogens is 1. The van der Waals surface area contributed by atoms with Crippen LogP contribution in [0.3, 0.4) is 0 Å². The van der Waals surface area contributed by atoms with Gasteiger partial charge in [-0.1, -0.05) is 55.5 Å². The van der Waals surface area contributed by atoms with Gasteiger partial charge in [-0.15, -0.1) is 0 Å². The quantitative estimate of drug-likeness (QED) is 0.0972. The van der Waals surface area contributed by atoms with Gasteiger partial charge in [-0.25, -0.2) is 16.8 Å². The number of fused-ring (bicyclic) bond motifs is 5. The first kappa shape index (κ1) is 31.7. The van der Waals surface area contributed by atoms with Crippen LogP contribution in [0.4, 0.5) is 5.69 Å². The van der Waals surface area contributed by atoms with Crippen LogP contribution in [-0.2, 0) is 26.8 Å². The Morgan fingerprint density at radius 1 is 0.935 bits per heavy atom. The first-order chi connectivity index (χ1) is 21.9. The topological polar surface area (TPSA) is 144 Å². The zero-order valence-corrected chi connectivity index (χ0v) is 27.0. The molecule has 0 aliphatic carbocycles. The van der Waals surface area contributed by atoms with Crippen molar-refractivity contribution in [3.8, 4) is 5.75 Å². The molecule has 1 aliphatic heterocycles. The molecule has 12 heteroatoms. The summed E-state index contributed by atoms with van der Waals surface area (Å²) in [4.78, 5) is 1.97. The molecule has 0 bridgehead atoms. The third-order valence-corrected chi connectivity index (χ3v) is 10.1. The highest BCUT2D eigenvalue weighted by molar-refractivity contribution is 7.86. The number of ether oxygens (including phenoxy) is 1. The molecule has 1 aromatic heterocycles. The Kier molecular flexibility index (Phi) is 8.64. The largest absolute Gasteiger partial charge is 0.748 e. The minimum absolute atomic E-state index is 0.102.